The van der Waals surface area contributed by atoms with E-state index in [1.54, 1.807) is 27.7 Å². The first kappa shape index (κ1) is 16.9. The van der Waals surface area contributed by atoms with Crippen LogP contribution in [0.4, 0.5) is 0 Å². The molecule has 0 heterocycles. The molecule has 0 saturated carbocycles. The standard InChI is InChI=1S/C13H25NO4/c1-7-12(3,4)17-10(15)9(14)11(16)18-13(5,6)8-2/h9H,7-8,14H2,1-6H3. The molecule has 2 N–H and O–H groups in total. The van der Waals surface area contributed by atoms with Crippen molar-refractivity contribution in [1.29, 1.82) is 0 Å². The van der Waals surface area contributed by atoms with Gasteiger partial charge in [-0.3, -0.25) is 0 Å². The highest BCUT2D eigenvalue weighted by atomic mass is 16.6. The van der Waals surface area contributed by atoms with Crippen LogP contribution in [0.5, 0.6) is 0 Å². The Kier molecular flexibility index (Phi) is 5.80. The number of hydrogen-bond donors (Lipinski definition) is 1. The summed E-state index contributed by atoms with van der Waals surface area (Å²) in [4.78, 5) is 23.4. The van der Waals surface area contributed by atoms with Crippen molar-refractivity contribution >= 4 is 11.9 Å². The lowest BCUT2D eigenvalue weighted by Crippen LogP contribution is -2.46. The fraction of sp³-hybridized carbons (Fsp3) is 0.846. The lowest BCUT2D eigenvalue weighted by Gasteiger charge is -2.27. The number of hydrogen-bond acceptors (Lipinski definition) is 5. The van der Waals surface area contributed by atoms with Crippen LogP contribution in [-0.4, -0.2) is 29.2 Å². The van der Waals surface area contributed by atoms with Crippen molar-refractivity contribution in [2.24, 2.45) is 5.73 Å². The van der Waals surface area contributed by atoms with Gasteiger partial charge in [-0.25, -0.2) is 9.59 Å². The van der Waals surface area contributed by atoms with E-state index >= 15 is 0 Å². The molecule has 0 aliphatic carbocycles. The van der Waals surface area contributed by atoms with Crippen molar-refractivity contribution in [3.63, 3.8) is 0 Å². The number of esters is 2. The number of carbonyl (C=O) groups is 2. The molecule has 106 valence electrons. The molecule has 0 aromatic rings. The zero-order valence-corrected chi connectivity index (χ0v) is 12.2. The maximum atomic E-state index is 11.7. The first-order valence-electron chi connectivity index (χ1n) is 6.26. The van der Waals surface area contributed by atoms with Gasteiger partial charge in [0, 0.05) is 0 Å². The maximum Gasteiger partial charge on any atom is 0.335 e. The fourth-order valence-corrected chi connectivity index (χ4v) is 0.912. The van der Waals surface area contributed by atoms with Crippen molar-refractivity contribution < 1.29 is 19.1 Å². The van der Waals surface area contributed by atoms with E-state index in [0.717, 1.165) is 0 Å². The molecular weight excluding hydrogens is 234 g/mol. The molecule has 0 aliphatic rings. The van der Waals surface area contributed by atoms with Gasteiger partial charge in [0.25, 0.3) is 0 Å². The van der Waals surface area contributed by atoms with Crippen LogP contribution < -0.4 is 5.73 Å². The van der Waals surface area contributed by atoms with Gasteiger partial charge < -0.3 is 15.2 Å². The molecule has 0 amide bonds. The van der Waals surface area contributed by atoms with Crippen LogP contribution in [0.2, 0.25) is 0 Å². The average molecular weight is 259 g/mol. The topological polar surface area (TPSA) is 78.6 Å². The number of carbonyl (C=O) groups excluding carboxylic acids is 2. The first-order valence-corrected chi connectivity index (χ1v) is 6.26. The molecular formula is C13H25NO4. The van der Waals surface area contributed by atoms with Crippen LogP contribution in [0.25, 0.3) is 0 Å². The molecule has 0 rings (SSSR count). The highest BCUT2D eigenvalue weighted by molar-refractivity contribution is 5.99. The molecule has 0 fully saturated rings. The van der Waals surface area contributed by atoms with Gasteiger partial charge >= 0.3 is 11.9 Å². The third-order valence-corrected chi connectivity index (χ3v) is 2.96. The summed E-state index contributed by atoms with van der Waals surface area (Å²) in [6.07, 6.45) is 1.28. The molecule has 0 aromatic carbocycles. The smallest absolute Gasteiger partial charge is 0.335 e. The van der Waals surface area contributed by atoms with Crippen LogP contribution in [0, 0.1) is 0 Å². The second kappa shape index (κ2) is 6.18. The minimum atomic E-state index is -1.39. The third-order valence-electron chi connectivity index (χ3n) is 2.96. The Balaban J connectivity index is 4.52. The summed E-state index contributed by atoms with van der Waals surface area (Å²) in [6, 6.07) is -1.39. The summed E-state index contributed by atoms with van der Waals surface area (Å²) in [7, 11) is 0. The summed E-state index contributed by atoms with van der Waals surface area (Å²) in [5.41, 5.74) is 4.28. The van der Waals surface area contributed by atoms with Crippen LogP contribution in [0.15, 0.2) is 0 Å². The largest absolute Gasteiger partial charge is 0.458 e. The second-order valence-corrected chi connectivity index (χ2v) is 5.55. The SMILES string of the molecule is CCC(C)(C)OC(=O)C(N)C(=O)OC(C)(C)CC. The summed E-state index contributed by atoms with van der Waals surface area (Å²) >= 11 is 0. The Labute approximate surface area is 109 Å². The van der Waals surface area contributed by atoms with E-state index in [0.29, 0.717) is 12.8 Å². The van der Waals surface area contributed by atoms with Crippen LogP contribution >= 0.6 is 0 Å². The molecule has 0 bridgehead atoms. The predicted molar refractivity (Wildman–Crippen MR) is 68.9 cm³/mol. The van der Waals surface area contributed by atoms with Crippen molar-refractivity contribution in [1.82, 2.24) is 0 Å². The van der Waals surface area contributed by atoms with Gasteiger partial charge in [-0.1, -0.05) is 13.8 Å². The molecule has 0 aliphatic heterocycles. The number of rotatable bonds is 6. The van der Waals surface area contributed by atoms with Gasteiger partial charge in [0.05, 0.1) is 0 Å². The van der Waals surface area contributed by atoms with E-state index in [1.165, 1.54) is 0 Å². The fourth-order valence-electron chi connectivity index (χ4n) is 0.912. The maximum absolute atomic E-state index is 11.7. The molecule has 5 heteroatoms. The van der Waals surface area contributed by atoms with E-state index in [2.05, 4.69) is 0 Å². The minimum absolute atomic E-state index is 0.630. The number of nitrogens with two attached hydrogens (primary N) is 1. The monoisotopic (exact) mass is 259 g/mol. The Bertz CT molecular complexity index is 280. The van der Waals surface area contributed by atoms with Gasteiger partial charge in [0.2, 0.25) is 6.04 Å². The van der Waals surface area contributed by atoms with Crippen molar-refractivity contribution in [3.8, 4) is 0 Å². The zero-order chi connectivity index (χ0) is 14.6. The quantitative estimate of drug-likeness (QED) is 0.581. The molecule has 0 unspecified atom stereocenters. The van der Waals surface area contributed by atoms with Gasteiger partial charge in [0.1, 0.15) is 11.2 Å². The molecule has 0 spiro atoms. The van der Waals surface area contributed by atoms with E-state index in [-0.39, 0.29) is 0 Å². The van der Waals surface area contributed by atoms with Gasteiger partial charge in [-0.05, 0) is 40.5 Å². The van der Waals surface area contributed by atoms with Crippen molar-refractivity contribution in [3.05, 3.63) is 0 Å². The normalized spacial score (nSPS) is 12.4. The van der Waals surface area contributed by atoms with Crippen molar-refractivity contribution in [2.45, 2.75) is 71.6 Å². The van der Waals surface area contributed by atoms with Crippen LogP contribution in [-0.2, 0) is 19.1 Å². The van der Waals surface area contributed by atoms with E-state index in [4.69, 9.17) is 15.2 Å². The van der Waals surface area contributed by atoms with Crippen LogP contribution in [0.1, 0.15) is 54.4 Å². The second-order valence-electron chi connectivity index (χ2n) is 5.55. The molecule has 0 atom stereocenters. The molecule has 0 radical (unpaired) electrons. The molecule has 5 nitrogen and oxygen atoms in total. The molecule has 0 saturated heterocycles. The Morgan fingerprint density at radius 2 is 1.22 bits per heavy atom. The highest BCUT2D eigenvalue weighted by Gasteiger charge is 2.33. The van der Waals surface area contributed by atoms with Gasteiger partial charge in [-0.15, -0.1) is 0 Å². The average Bonchev–Trinajstić information content (AvgIpc) is 2.26. The summed E-state index contributed by atoms with van der Waals surface area (Å²) < 4.78 is 10.3. The van der Waals surface area contributed by atoms with Gasteiger partial charge in [-0.2, -0.15) is 0 Å². The lowest BCUT2D eigenvalue weighted by atomic mass is 10.1. The van der Waals surface area contributed by atoms with Gasteiger partial charge in [0.15, 0.2) is 0 Å². The lowest BCUT2D eigenvalue weighted by molar-refractivity contribution is -0.170. The van der Waals surface area contributed by atoms with Crippen LogP contribution in [0.3, 0.4) is 0 Å². The molecule has 18 heavy (non-hydrogen) atoms. The minimum Gasteiger partial charge on any atom is -0.458 e. The predicted octanol–water partition coefficient (Wildman–Crippen LogP) is 1.78. The zero-order valence-electron chi connectivity index (χ0n) is 12.2. The summed E-state index contributed by atoms with van der Waals surface area (Å²) in [5, 5.41) is 0. The van der Waals surface area contributed by atoms with E-state index < -0.39 is 29.2 Å². The summed E-state index contributed by atoms with van der Waals surface area (Å²) in [5.74, 6) is -1.50. The highest BCUT2D eigenvalue weighted by Crippen LogP contribution is 2.17. The van der Waals surface area contributed by atoms with E-state index in [1.807, 2.05) is 13.8 Å². The summed E-state index contributed by atoms with van der Waals surface area (Å²) in [6.45, 7) is 10.8. The van der Waals surface area contributed by atoms with E-state index in [9.17, 15) is 9.59 Å². The Hall–Kier alpha value is -1.10. The Morgan fingerprint density at radius 3 is 1.44 bits per heavy atom. The van der Waals surface area contributed by atoms with Crippen molar-refractivity contribution in [2.75, 3.05) is 0 Å². The Morgan fingerprint density at radius 1 is 0.944 bits per heavy atom. The molecule has 0 aromatic heterocycles. The third kappa shape index (κ3) is 5.49. The first-order chi connectivity index (χ1) is 8.04. The number of ether oxygens (including phenoxy) is 2.